The summed E-state index contributed by atoms with van der Waals surface area (Å²) < 4.78 is 78.3. The predicted molar refractivity (Wildman–Crippen MR) is 103 cm³/mol. The van der Waals surface area contributed by atoms with Crippen molar-refractivity contribution < 1.29 is 40.6 Å². The first-order chi connectivity index (χ1) is 14.2. The lowest BCUT2D eigenvalue weighted by Gasteiger charge is -2.10. The molecule has 172 valence electrons. The van der Waals surface area contributed by atoms with Gasteiger partial charge in [0.05, 0.1) is 37.9 Å². The van der Waals surface area contributed by atoms with Crippen LogP contribution in [0.25, 0.3) is 0 Å². The number of hydrogen-bond acceptors (Lipinski definition) is 6. The first kappa shape index (κ1) is 26.1. The van der Waals surface area contributed by atoms with E-state index < -0.39 is 22.1 Å². The molecule has 0 bridgehead atoms. The predicted octanol–water partition coefficient (Wildman–Crippen LogP) is 1.86. The van der Waals surface area contributed by atoms with Gasteiger partial charge in [-0.1, -0.05) is 13.3 Å². The van der Waals surface area contributed by atoms with Crippen molar-refractivity contribution in [3.63, 3.8) is 0 Å². The van der Waals surface area contributed by atoms with E-state index in [1.165, 1.54) is 12.1 Å². The van der Waals surface area contributed by atoms with Gasteiger partial charge in [-0.2, -0.15) is 13.2 Å². The van der Waals surface area contributed by atoms with E-state index in [0.717, 1.165) is 12.8 Å². The van der Waals surface area contributed by atoms with Crippen molar-refractivity contribution in [1.82, 2.24) is 10.0 Å². The summed E-state index contributed by atoms with van der Waals surface area (Å²) in [6, 6.07) is 6.09. The number of hydrogen-bond donors (Lipinski definition) is 2. The maximum absolute atomic E-state index is 12.2. The quantitative estimate of drug-likeness (QED) is 0.391. The Kier molecular flexibility index (Phi) is 11.7. The lowest BCUT2D eigenvalue weighted by atomic mass is 10.3. The number of sulfonamides is 1. The van der Waals surface area contributed by atoms with Crippen LogP contribution in [0.3, 0.4) is 0 Å². The van der Waals surface area contributed by atoms with Gasteiger partial charge in [-0.3, -0.25) is 4.79 Å². The van der Waals surface area contributed by atoms with Crippen LogP contribution in [0.5, 0.6) is 5.75 Å². The van der Waals surface area contributed by atoms with Crippen LogP contribution in [0.2, 0.25) is 0 Å². The van der Waals surface area contributed by atoms with Gasteiger partial charge in [-0.05, 0) is 30.7 Å². The minimum Gasteiger partial charge on any atom is -0.494 e. The Labute approximate surface area is 174 Å². The molecule has 1 rings (SSSR count). The van der Waals surface area contributed by atoms with Crippen molar-refractivity contribution in [1.29, 1.82) is 0 Å². The Bertz CT molecular complexity index is 726. The Morgan fingerprint density at radius 1 is 0.967 bits per heavy atom. The fourth-order valence-electron chi connectivity index (χ4n) is 2.04. The molecule has 2 N–H and O–H groups in total. The molecule has 0 saturated carbocycles. The highest BCUT2D eigenvalue weighted by molar-refractivity contribution is 7.89. The molecular formula is C18H27F3N2O6S. The van der Waals surface area contributed by atoms with Crippen LogP contribution in [-0.2, 0) is 24.3 Å². The number of carbonyl (C=O) groups is 1. The molecule has 1 aromatic rings. The largest absolute Gasteiger partial charge is 0.494 e. The highest BCUT2D eigenvalue weighted by atomic mass is 32.2. The van der Waals surface area contributed by atoms with Gasteiger partial charge < -0.3 is 19.5 Å². The molecule has 0 atom stereocenters. The Hall–Kier alpha value is -1.89. The summed E-state index contributed by atoms with van der Waals surface area (Å²) in [5, 5.41) is 1.67. The van der Waals surface area contributed by atoms with E-state index in [4.69, 9.17) is 14.2 Å². The number of alkyl halides is 3. The van der Waals surface area contributed by atoms with Crippen LogP contribution in [-0.4, -0.2) is 66.6 Å². The number of amides is 1. The molecule has 0 fully saturated rings. The van der Waals surface area contributed by atoms with E-state index in [1.54, 1.807) is 17.4 Å². The molecule has 0 aliphatic heterocycles. The number of carbonyl (C=O) groups excluding carboxylic acids is 1. The van der Waals surface area contributed by atoms with Crippen molar-refractivity contribution >= 4 is 15.9 Å². The Morgan fingerprint density at radius 3 is 2.13 bits per heavy atom. The van der Waals surface area contributed by atoms with Gasteiger partial charge in [-0.25, -0.2) is 13.1 Å². The molecule has 0 saturated heterocycles. The number of rotatable bonds is 15. The zero-order valence-electron chi connectivity index (χ0n) is 16.7. The summed E-state index contributed by atoms with van der Waals surface area (Å²) in [6.07, 6.45) is -2.99. The third kappa shape index (κ3) is 10.8. The molecule has 1 amide bonds. The summed E-state index contributed by atoms with van der Waals surface area (Å²) in [7, 11) is -3.68. The molecule has 0 radical (unpaired) electrons. The minimum absolute atomic E-state index is 0.0404. The van der Waals surface area contributed by atoms with Crippen molar-refractivity contribution in [2.45, 2.75) is 30.8 Å². The van der Waals surface area contributed by atoms with Gasteiger partial charge >= 0.3 is 12.1 Å². The highest BCUT2D eigenvalue weighted by Crippen LogP contribution is 2.16. The minimum atomic E-state index is -4.92. The van der Waals surface area contributed by atoms with Crippen LogP contribution in [0.4, 0.5) is 13.2 Å². The van der Waals surface area contributed by atoms with Crippen LogP contribution in [0.1, 0.15) is 19.8 Å². The van der Waals surface area contributed by atoms with Crippen LogP contribution >= 0.6 is 0 Å². The van der Waals surface area contributed by atoms with E-state index in [1.807, 2.05) is 6.92 Å². The fourth-order valence-corrected chi connectivity index (χ4v) is 3.05. The zero-order valence-corrected chi connectivity index (χ0v) is 17.5. The molecule has 0 spiro atoms. The Morgan fingerprint density at radius 2 is 1.57 bits per heavy atom. The fraction of sp³-hybridized carbons (Fsp3) is 0.611. The molecule has 0 unspecified atom stereocenters. The summed E-state index contributed by atoms with van der Waals surface area (Å²) in [4.78, 5) is 10.7. The molecule has 0 aliphatic carbocycles. The SMILES string of the molecule is CCCCOc1ccc(S(=O)(=O)NCCOCCOCCNC(=O)C(F)(F)F)cc1. The van der Waals surface area contributed by atoms with E-state index >= 15 is 0 Å². The normalized spacial score (nSPS) is 12.0. The third-order valence-corrected chi connectivity index (χ3v) is 5.08. The van der Waals surface area contributed by atoms with Gasteiger partial charge in [0.2, 0.25) is 10.0 Å². The number of benzene rings is 1. The molecule has 0 aromatic heterocycles. The summed E-state index contributed by atoms with van der Waals surface area (Å²) in [6.45, 7) is 2.59. The Balaban J connectivity index is 2.13. The number of nitrogens with one attached hydrogen (secondary N) is 2. The van der Waals surface area contributed by atoms with Gasteiger partial charge in [0, 0.05) is 13.1 Å². The molecular weight excluding hydrogens is 429 g/mol. The number of ether oxygens (including phenoxy) is 3. The second kappa shape index (κ2) is 13.4. The van der Waals surface area contributed by atoms with Crippen molar-refractivity contribution in [3.8, 4) is 5.75 Å². The average Bonchev–Trinajstić information content (AvgIpc) is 2.69. The molecule has 12 heteroatoms. The first-order valence-corrected chi connectivity index (χ1v) is 10.9. The van der Waals surface area contributed by atoms with Gasteiger partial charge in [0.1, 0.15) is 5.75 Å². The van der Waals surface area contributed by atoms with Crippen LogP contribution in [0.15, 0.2) is 29.2 Å². The maximum Gasteiger partial charge on any atom is 0.471 e. The molecule has 0 aliphatic rings. The molecule has 1 aromatic carbocycles. The first-order valence-electron chi connectivity index (χ1n) is 9.40. The lowest BCUT2D eigenvalue weighted by molar-refractivity contribution is -0.173. The summed E-state index contributed by atoms with van der Waals surface area (Å²) in [5.41, 5.74) is 0. The smallest absolute Gasteiger partial charge is 0.471 e. The summed E-state index contributed by atoms with van der Waals surface area (Å²) in [5.74, 6) is -1.42. The average molecular weight is 456 g/mol. The third-order valence-electron chi connectivity index (χ3n) is 3.60. The van der Waals surface area contributed by atoms with E-state index in [2.05, 4.69) is 4.72 Å². The van der Waals surface area contributed by atoms with Gasteiger partial charge in [0.15, 0.2) is 0 Å². The van der Waals surface area contributed by atoms with E-state index in [0.29, 0.717) is 12.4 Å². The standard InChI is InChI=1S/C18H27F3N2O6S/c1-2-3-10-29-15-4-6-16(7-5-15)30(25,26)23-9-12-28-14-13-27-11-8-22-17(24)18(19,20)21/h4-7,23H,2-3,8-14H2,1H3,(H,22,24). The van der Waals surface area contributed by atoms with Crippen molar-refractivity contribution in [2.24, 2.45) is 0 Å². The van der Waals surface area contributed by atoms with E-state index in [9.17, 15) is 26.4 Å². The lowest BCUT2D eigenvalue weighted by Crippen LogP contribution is -2.38. The van der Waals surface area contributed by atoms with Crippen LogP contribution < -0.4 is 14.8 Å². The number of halogens is 3. The highest BCUT2D eigenvalue weighted by Gasteiger charge is 2.38. The maximum atomic E-state index is 12.2. The van der Waals surface area contributed by atoms with Crippen LogP contribution in [0, 0.1) is 0 Å². The van der Waals surface area contributed by atoms with Gasteiger partial charge in [-0.15, -0.1) is 0 Å². The van der Waals surface area contributed by atoms with Gasteiger partial charge in [0.25, 0.3) is 0 Å². The van der Waals surface area contributed by atoms with Crippen molar-refractivity contribution in [2.75, 3.05) is 46.1 Å². The zero-order chi connectivity index (χ0) is 22.5. The van der Waals surface area contributed by atoms with E-state index in [-0.39, 0.29) is 44.4 Å². The molecule has 0 heterocycles. The number of unbranched alkanes of at least 4 members (excludes halogenated alkanes) is 1. The second-order valence-corrected chi connectivity index (χ2v) is 7.82. The van der Waals surface area contributed by atoms with Crippen molar-refractivity contribution in [3.05, 3.63) is 24.3 Å². The molecule has 30 heavy (non-hydrogen) atoms. The summed E-state index contributed by atoms with van der Waals surface area (Å²) >= 11 is 0. The second-order valence-electron chi connectivity index (χ2n) is 6.05. The topological polar surface area (TPSA) is 103 Å². The monoisotopic (exact) mass is 456 g/mol. The molecule has 8 nitrogen and oxygen atoms in total.